The largest absolute Gasteiger partial charge is 0.345 e. The van der Waals surface area contributed by atoms with Gasteiger partial charge in [0.2, 0.25) is 0 Å². The Hall–Kier alpha value is -0.940. The van der Waals surface area contributed by atoms with Crippen molar-refractivity contribution in [2.24, 2.45) is 0 Å². The first-order chi connectivity index (χ1) is 8.11. The third-order valence-electron chi connectivity index (χ3n) is 3.10. The van der Waals surface area contributed by atoms with Crippen LogP contribution in [0.15, 0.2) is 22.8 Å². The fourth-order valence-electron chi connectivity index (χ4n) is 1.99. The van der Waals surface area contributed by atoms with E-state index in [1.807, 2.05) is 6.07 Å². The third-order valence-corrected chi connectivity index (χ3v) is 3.74. The summed E-state index contributed by atoms with van der Waals surface area (Å²) in [6.45, 7) is 3.98. The van der Waals surface area contributed by atoms with E-state index in [4.69, 9.17) is 0 Å². The van der Waals surface area contributed by atoms with Crippen molar-refractivity contribution in [3.05, 3.63) is 28.5 Å². The SMILES string of the molecule is CC1(NC(=O)c2ncccc2Br)CCNCC1. The Morgan fingerprint density at radius 3 is 2.88 bits per heavy atom. The Morgan fingerprint density at radius 1 is 1.53 bits per heavy atom. The van der Waals surface area contributed by atoms with Gasteiger partial charge in [-0.05, 0) is 60.9 Å². The molecule has 0 atom stereocenters. The number of hydrogen-bond acceptors (Lipinski definition) is 3. The number of nitrogens with zero attached hydrogens (tertiary/aromatic N) is 1. The molecule has 0 unspecified atom stereocenters. The number of hydrogen-bond donors (Lipinski definition) is 2. The summed E-state index contributed by atoms with van der Waals surface area (Å²) in [6, 6.07) is 3.62. The molecule has 0 spiro atoms. The summed E-state index contributed by atoms with van der Waals surface area (Å²) in [6.07, 6.45) is 3.52. The van der Waals surface area contributed by atoms with Gasteiger partial charge < -0.3 is 10.6 Å². The number of piperidine rings is 1. The average molecular weight is 298 g/mol. The standard InChI is InChI=1S/C12H16BrN3O/c1-12(4-7-14-8-5-12)16-11(17)10-9(13)3-2-6-15-10/h2-3,6,14H,4-5,7-8H2,1H3,(H,16,17). The van der Waals surface area contributed by atoms with Gasteiger partial charge in [-0.2, -0.15) is 0 Å². The molecule has 0 saturated carbocycles. The quantitative estimate of drug-likeness (QED) is 0.874. The molecule has 1 aromatic rings. The molecule has 0 aliphatic carbocycles. The van der Waals surface area contributed by atoms with Crippen LogP contribution in [-0.2, 0) is 0 Å². The van der Waals surface area contributed by atoms with Gasteiger partial charge in [0.05, 0.1) is 0 Å². The lowest BCUT2D eigenvalue weighted by Crippen LogP contribution is -2.52. The maximum Gasteiger partial charge on any atom is 0.271 e. The van der Waals surface area contributed by atoms with E-state index in [2.05, 4.69) is 38.5 Å². The number of carbonyl (C=O) groups excluding carboxylic acids is 1. The molecular formula is C12H16BrN3O. The second-order valence-corrected chi connectivity index (χ2v) is 5.45. The van der Waals surface area contributed by atoms with Crippen molar-refractivity contribution in [3.8, 4) is 0 Å². The van der Waals surface area contributed by atoms with Gasteiger partial charge in [-0.3, -0.25) is 4.79 Å². The number of pyridine rings is 1. The van der Waals surface area contributed by atoms with E-state index in [1.165, 1.54) is 0 Å². The molecular weight excluding hydrogens is 282 g/mol. The van der Waals surface area contributed by atoms with E-state index in [1.54, 1.807) is 12.3 Å². The molecule has 0 radical (unpaired) electrons. The number of halogens is 1. The first-order valence-electron chi connectivity index (χ1n) is 5.74. The van der Waals surface area contributed by atoms with Crippen molar-refractivity contribution in [1.29, 1.82) is 0 Å². The van der Waals surface area contributed by atoms with Crippen LogP contribution in [-0.4, -0.2) is 29.5 Å². The van der Waals surface area contributed by atoms with Gasteiger partial charge in [-0.15, -0.1) is 0 Å². The summed E-state index contributed by atoms with van der Waals surface area (Å²) in [5, 5.41) is 6.37. The zero-order valence-corrected chi connectivity index (χ0v) is 11.4. The van der Waals surface area contributed by atoms with Crippen molar-refractivity contribution in [2.75, 3.05) is 13.1 Å². The average Bonchev–Trinajstić information content (AvgIpc) is 2.29. The van der Waals surface area contributed by atoms with Crippen molar-refractivity contribution in [3.63, 3.8) is 0 Å². The Kier molecular flexibility index (Phi) is 3.79. The molecule has 1 aliphatic rings. The van der Waals surface area contributed by atoms with Crippen LogP contribution < -0.4 is 10.6 Å². The van der Waals surface area contributed by atoms with Gasteiger partial charge in [0.25, 0.3) is 5.91 Å². The van der Waals surface area contributed by atoms with E-state index in [-0.39, 0.29) is 11.4 Å². The van der Waals surface area contributed by atoms with E-state index < -0.39 is 0 Å². The van der Waals surface area contributed by atoms with Crippen molar-refractivity contribution in [1.82, 2.24) is 15.6 Å². The van der Waals surface area contributed by atoms with Crippen LogP contribution in [0.25, 0.3) is 0 Å². The molecule has 4 nitrogen and oxygen atoms in total. The van der Waals surface area contributed by atoms with Crippen LogP contribution in [0.4, 0.5) is 0 Å². The predicted octanol–water partition coefficient (Wildman–Crippen LogP) is 1.72. The summed E-state index contributed by atoms with van der Waals surface area (Å²) in [5.74, 6) is -0.109. The molecule has 2 N–H and O–H groups in total. The molecule has 0 aromatic carbocycles. The summed E-state index contributed by atoms with van der Waals surface area (Å²) in [5.41, 5.74) is 0.325. The van der Waals surface area contributed by atoms with E-state index >= 15 is 0 Å². The van der Waals surface area contributed by atoms with E-state index in [0.717, 1.165) is 30.4 Å². The molecule has 2 heterocycles. The Labute approximate surface area is 109 Å². The maximum absolute atomic E-state index is 12.1. The lowest BCUT2D eigenvalue weighted by molar-refractivity contribution is 0.0881. The second-order valence-electron chi connectivity index (χ2n) is 4.60. The highest BCUT2D eigenvalue weighted by molar-refractivity contribution is 9.10. The predicted molar refractivity (Wildman–Crippen MR) is 69.9 cm³/mol. The topological polar surface area (TPSA) is 54.0 Å². The number of nitrogens with one attached hydrogen (secondary N) is 2. The maximum atomic E-state index is 12.1. The smallest absolute Gasteiger partial charge is 0.271 e. The summed E-state index contributed by atoms with van der Waals surface area (Å²) < 4.78 is 0.732. The fourth-order valence-corrected chi connectivity index (χ4v) is 2.42. The summed E-state index contributed by atoms with van der Waals surface area (Å²) >= 11 is 3.34. The molecule has 2 rings (SSSR count). The van der Waals surface area contributed by atoms with Gasteiger partial charge in [-0.25, -0.2) is 4.98 Å². The minimum Gasteiger partial charge on any atom is -0.345 e. The Morgan fingerprint density at radius 2 is 2.24 bits per heavy atom. The van der Waals surface area contributed by atoms with E-state index in [0.29, 0.717) is 5.69 Å². The van der Waals surface area contributed by atoms with Gasteiger partial charge in [-0.1, -0.05) is 0 Å². The molecule has 17 heavy (non-hydrogen) atoms. The van der Waals surface area contributed by atoms with Crippen LogP contribution in [0.5, 0.6) is 0 Å². The minimum absolute atomic E-state index is 0.109. The molecule has 1 fully saturated rings. The minimum atomic E-state index is -0.126. The van der Waals surface area contributed by atoms with Gasteiger partial charge >= 0.3 is 0 Å². The number of aromatic nitrogens is 1. The van der Waals surface area contributed by atoms with Crippen molar-refractivity contribution >= 4 is 21.8 Å². The second kappa shape index (κ2) is 5.14. The van der Waals surface area contributed by atoms with Gasteiger partial charge in [0, 0.05) is 16.2 Å². The molecule has 1 aromatic heterocycles. The highest BCUT2D eigenvalue weighted by Crippen LogP contribution is 2.19. The number of amides is 1. The Bertz CT molecular complexity index is 416. The summed E-state index contributed by atoms with van der Waals surface area (Å²) in [4.78, 5) is 16.2. The number of rotatable bonds is 2. The van der Waals surface area contributed by atoms with Crippen molar-refractivity contribution in [2.45, 2.75) is 25.3 Å². The van der Waals surface area contributed by atoms with Crippen LogP contribution in [0, 0.1) is 0 Å². The Balaban J connectivity index is 2.09. The molecule has 1 aliphatic heterocycles. The molecule has 92 valence electrons. The summed E-state index contributed by atoms with van der Waals surface area (Å²) in [7, 11) is 0. The first-order valence-corrected chi connectivity index (χ1v) is 6.54. The highest BCUT2D eigenvalue weighted by Gasteiger charge is 2.29. The van der Waals surface area contributed by atoms with Crippen LogP contribution in [0.3, 0.4) is 0 Å². The van der Waals surface area contributed by atoms with E-state index in [9.17, 15) is 4.79 Å². The fraction of sp³-hybridized carbons (Fsp3) is 0.500. The normalized spacial score (nSPS) is 18.7. The first kappa shape index (κ1) is 12.5. The molecule has 0 bridgehead atoms. The highest BCUT2D eigenvalue weighted by atomic mass is 79.9. The zero-order valence-electron chi connectivity index (χ0n) is 9.79. The van der Waals surface area contributed by atoms with Crippen molar-refractivity contribution < 1.29 is 4.79 Å². The third kappa shape index (κ3) is 3.04. The lowest BCUT2D eigenvalue weighted by atomic mass is 9.90. The monoisotopic (exact) mass is 297 g/mol. The van der Waals surface area contributed by atoms with Gasteiger partial charge in [0.1, 0.15) is 5.69 Å². The molecule has 1 saturated heterocycles. The van der Waals surface area contributed by atoms with Crippen LogP contribution >= 0.6 is 15.9 Å². The molecule has 5 heteroatoms. The van der Waals surface area contributed by atoms with Crippen LogP contribution in [0.1, 0.15) is 30.3 Å². The number of carbonyl (C=O) groups is 1. The molecule has 1 amide bonds. The lowest BCUT2D eigenvalue weighted by Gasteiger charge is -2.34. The van der Waals surface area contributed by atoms with Crippen LogP contribution in [0.2, 0.25) is 0 Å². The zero-order chi connectivity index (χ0) is 12.3. The van der Waals surface area contributed by atoms with Gasteiger partial charge in [0.15, 0.2) is 0 Å².